The van der Waals surface area contributed by atoms with Crippen molar-refractivity contribution in [2.75, 3.05) is 0 Å². The molecule has 2 heteroatoms. The lowest BCUT2D eigenvalue weighted by atomic mass is 9.82. The highest BCUT2D eigenvalue weighted by Crippen LogP contribution is 2.53. The van der Waals surface area contributed by atoms with Crippen LogP contribution in [-0.4, -0.2) is 0 Å². The Bertz CT molecular complexity index is 1620. The maximum atomic E-state index is 6.92. The van der Waals surface area contributed by atoms with Crippen LogP contribution in [0.1, 0.15) is 33.7 Å². The Hall–Kier alpha value is -4.82. The van der Waals surface area contributed by atoms with Gasteiger partial charge in [-0.2, -0.15) is 0 Å². The first-order chi connectivity index (χ1) is 18.8. The Morgan fingerprint density at radius 3 is 1.42 bits per heavy atom. The van der Waals surface area contributed by atoms with Crippen molar-refractivity contribution in [1.82, 2.24) is 0 Å². The average Bonchev–Trinajstić information content (AvgIpc) is 3.41. The molecule has 182 valence electrons. The highest BCUT2D eigenvalue weighted by atomic mass is 16.7. The van der Waals surface area contributed by atoms with Crippen LogP contribution >= 0.6 is 0 Å². The summed E-state index contributed by atoms with van der Waals surface area (Å²) in [4.78, 5) is 0. The fraction of sp³-hybridized carbons (Fsp3) is 0.0556. The fourth-order valence-corrected chi connectivity index (χ4v) is 5.65. The van der Waals surface area contributed by atoms with Gasteiger partial charge >= 0.3 is 5.79 Å². The van der Waals surface area contributed by atoms with Crippen LogP contribution in [0.2, 0.25) is 0 Å². The molecule has 0 saturated carbocycles. The summed E-state index contributed by atoms with van der Waals surface area (Å²) in [6.45, 7) is 0. The van der Waals surface area contributed by atoms with Crippen molar-refractivity contribution in [3.8, 4) is 11.5 Å². The van der Waals surface area contributed by atoms with Gasteiger partial charge in [-0.1, -0.05) is 146 Å². The van der Waals surface area contributed by atoms with E-state index in [9.17, 15) is 0 Å². The highest BCUT2D eigenvalue weighted by Gasteiger charge is 2.46. The molecule has 0 fully saturated rings. The Kier molecular flexibility index (Phi) is 5.44. The third-order valence-electron chi connectivity index (χ3n) is 7.38. The summed E-state index contributed by atoms with van der Waals surface area (Å²) in [5.41, 5.74) is 5.57. The summed E-state index contributed by atoms with van der Waals surface area (Å²) in [7, 11) is 0. The van der Waals surface area contributed by atoms with Crippen molar-refractivity contribution in [2.24, 2.45) is 0 Å². The quantitative estimate of drug-likeness (QED) is 0.225. The van der Waals surface area contributed by atoms with Crippen LogP contribution in [-0.2, 0) is 5.79 Å². The van der Waals surface area contributed by atoms with Crippen LogP contribution in [0.4, 0.5) is 0 Å². The molecule has 0 aliphatic carbocycles. The molecule has 7 rings (SSSR count). The minimum absolute atomic E-state index is 0.0413. The molecule has 0 atom stereocenters. The van der Waals surface area contributed by atoms with E-state index < -0.39 is 5.79 Å². The number of fused-ring (bicyclic) bond motifs is 3. The van der Waals surface area contributed by atoms with Crippen LogP contribution in [0.5, 0.6) is 11.5 Å². The van der Waals surface area contributed by atoms with Crippen molar-refractivity contribution < 1.29 is 9.47 Å². The van der Waals surface area contributed by atoms with Crippen LogP contribution in [0.3, 0.4) is 0 Å². The van der Waals surface area contributed by atoms with Crippen molar-refractivity contribution in [2.45, 2.75) is 11.7 Å². The fourth-order valence-electron chi connectivity index (χ4n) is 5.65. The number of ether oxygens (including phenoxy) is 2. The summed E-state index contributed by atoms with van der Waals surface area (Å²) >= 11 is 0. The molecule has 0 spiro atoms. The molecule has 2 nitrogen and oxygen atoms in total. The molecule has 0 amide bonds. The van der Waals surface area contributed by atoms with Gasteiger partial charge in [-0.15, -0.1) is 0 Å². The summed E-state index contributed by atoms with van der Waals surface area (Å²) in [5, 5.41) is 2.20. The maximum Gasteiger partial charge on any atom is 0.305 e. The highest BCUT2D eigenvalue weighted by molar-refractivity contribution is 5.95. The minimum Gasteiger partial charge on any atom is -0.440 e. The van der Waals surface area contributed by atoms with Gasteiger partial charge in [0, 0.05) is 22.4 Å². The molecule has 0 unspecified atom stereocenters. The summed E-state index contributed by atoms with van der Waals surface area (Å²) in [5.74, 6) is 0.501. The van der Waals surface area contributed by atoms with Crippen LogP contribution in [0.25, 0.3) is 10.8 Å². The van der Waals surface area contributed by atoms with Crippen molar-refractivity contribution in [3.05, 3.63) is 179 Å². The lowest BCUT2D eigenvalue weighted by Gasteiger charge is -2.28. The third-order valence-corrected chi connectivity index (χ3v) is 7.38. The lowest BCUT2D eigenvalue weighted by molar-refractivity contribution is -0.0453. The molecule has 1 heterocycles. The van der Waals surface area contributed by atoms with Gasteiger partial charge in [0.05, 0.1) is 0 Å². The zero-order valence-electron chi connectivity index (χ0n) is 20.8. The number of hydrogen-bond donors (Lipinski definition) is 0. The molecular weight excluding hydrogens is 464 g/mol. The first kappa shape index (κ1) is 22.4. The monoisotopic (exact) mass is 490 g/mol. The van der Waals surface area contributed by atoms with E-state index in [1.807, 2.05) is 36.4 Å². The van der Waals surface area contributed by atoms with Crippen LogP contribution < -0.4 is 9.47 Å². The zero-order chi connectivity index (χ0) is 25.4. The Morgan fingerprint density at radius 2 is 0.895 bits per heavy atom. The Balaban J connectivity index is 1.48. The predicted octanol–water partition coefficient (Wildman–Crippen LogP) is 8.69. The standard InChI is InChI=1S/C36H26O2/c1-5-15-26(16-6-1)34(27-17-7-2-8-18-27)32-25-33-35(31-24-14-13-23-30(31)32)38-36(37-33,28-19-9-3-10-20-28)29-21-11-4-12-22-29/h1-25,34H. The molecule has 6 aromatic carbocycles. The van der Waals surface area contributed by atoms with Crippen molar-refractivity contribution >= 4 is 10.8 Å². The lowest BCUT2D eigenvalue weighted by Crippen LogP contribution is -2.36. The molecule has 38 heavy (non-hydrogen) atoms. The molecule has 6 aromatic rings. The van der Waals surface area contributed by atoms with Gasteiger partial charge in [-0.25, -0.2) is 0 Å². The van der Waals surface area contributed by atoms with Crippen LogP contribution in [0, 0.1) is 0 Å². The van der Waals surface area contributed by atoms with Gasteiger partial charge in [0.25, 0.3) is 0 Å². The minimum atomic E-state index is -1.07. The second kappa shape index (κ2) is 9.24. The SMILES string of the molecule is c1ccc(C(c2ccccc2)c2cc3c(c4ccccc24)OC(c2ccccc2)(c2ccccc2)O3)cc1. The maximum absolute atomic E-state index is 6.92. The number of rotatable bonds is 5. The van der Waals surface area contributed by atoms with Gasteiger partial charge in [-0.05, 0) is 28.1 Å². The Morgan fingerprint density at radius 1 is 0.447 bits per heavy atom. The predicted molar refractivity (Wildman–Crippen MR) is 153 cm³/mol. The summed E-state index contributed by atoms with van der Waals surface area (Å²) < 4.78 is 13.8. The van der Waals surface area contributed by atoms with Crippen LogP contribution in [0.15, 0.2) is 152 Å². The van der Waals surface area contributed by atoms with E-state index in [1.54, 1.807) is 0 Å². The van der Waals surface area contributed by atoms with Gasteiger partial charge < -0.3 is 9.47 Å². The molecular formula is C36H26O2. The van der Waals surface area contributed by atoms with Gasteiger partial charge in [0.2, 0.25) is 0 Å². The molecule has 0 bridgehead atoms. The average molecular weight is 491 g/mol. The Labute approximate surface area is 222 Å². The van der Waals surface area contributed by atoms with E-state index in [2.05, 4.69) is 115 Å². The van der Waals surface area contributed by atoms with E-state index in [-0.39, 0.29) is 5.92 Å². The van der Waals surface area contributed by atoms with E-state index in [0.29, 0.717) is 0 Å². The topological polar surface area (TPSA) is 18.5 Å². The smallest absolute Gasteiger partial charge is 0.305 e. The first-order valence-electron chi connectivity index (χ1n) is 13.0. The second-order valence-electron chi connectivity index (χ2n) is 9.65. The third kappa shape index (κ3) is 3.65. The van der Waals surface area contributed by atoms with E-state index >= 15 is 0 Å². The largest absolute Gasteiger partial charge is 0.440 e. The van der Waals surface area contributed by atoms with E-state index in [4.69, 9.17) is 9.47 Å². The normalized spacial score (nSPS) is 13.6. The number of benzene rings is 6. The molecule has 0 saturated heterocycles. The second-order valence-corrected chi connectivity index (χ2v) is 9.65. The molecule has 1 aliphatic heterocycles. The van der Waals surface area contributed by atoms with Gasteiger partial charge in [-0.3, -0.25) is 0 Å². The summed E-state index contributed by atoms with van der Waals surface area (Å²) in [6.07, 6.45) is 0. The van der Waals surface area contributed by atoms with E-state index in [1.165, 1.54) is 16.7 Å². The van der Waals surface area contributed by atoms with Gasteiger partial charge in [0.1, 0.15) is 0 Å². The molecule has 0 radical (unpaired) electrons. The van der Waals surface area contributed by atoms with Gasteiger partial charge in [0.15, 0.2) is 11.5 Å². The number of hydrogen-bond acceptors (Lipinski definition) is 2. The first-order valence-corrected chi connectivity index (χ1v) is 13.0. The van der Waals surface area contributed by atoms with Crippen molar-refractivity contribution in [3.63, 3.8) is 0 Å². The van der Waals surface area contributed by atoms with Crippen molar-refractivity contribution in [1.29, 1.82) is 0 Å². The molecule has 1 aliphatic rings. The molecule has 0 N–H and O–H groups in total. The molecule has 0 aromatic heterocycles. The van der Waals surface area contributed by atoms with E-state index in [0.717, 1.165) is 33.4 Å². The summed E-state index contributed by atoms with van der Waals surface area (Å²) in [6, 6.07) is 52.5. The zero-order valence-corrected chi connectivity index (χ0v) is 20.8.